The van der Waals surface area contributed by atoms with Crippen molar-refractivity contribution in [2.45, 2.75) is 13.8 Å². The van der Waals surface area contributed by atoms with Crippen molar-refractivity contribution in [2.24, 2.45) is 0 Å². The molecule has 3 rings (SSSR count). The lowest BCUT2D eigenvalue weighted by atomic mass is 10.2. The predicted molar refractivity (Wildman–Crippen MR) is 44.2 cm³/mol. The highest BCUT2D eigenvalue weighted by atomic mass is 15.3. The van der Waals surface area contributed by atoms with E-state index in [4.69, 9.17) is 0 Å². The lowest BCUT2D eigenvalue weighted by molar-refractivity contribution is 0.0647. The average Bonchev–Trinajstić information content (AvgIpc) is 2.11. The van der Waals surface area contributed by atoms with E-state index in [1.54, 1.807) is 0 Å². The smallest absolute Gasteiger partial charge is 0.0110 e. The van der Waals surface area contributed by atoms with Crippen LogP contribution in [0.5, 0.6) is 0 Å². The minimum absolute atomic E-state index is 1.32. The summed E-state index contributed by atoms with van der Waals surface area (Å²) < 4.78 is 0. The maximum atomic E-state index is 2.54. The zero-order valence-corrected chi connectivity index (χ0v) is 7.14. The highest BCUT2D eigenvalue weighted by Crippen LogP contribution is 2.06. The molecule has 0 aliphatic carbocycles. The molecule has 0 aromatic carbocycles. The molecule has 60 valence electrons. The standard InChI is InChI=1S/C6H12N2.C2H6/c1-2-8-5-3-7(1)4-6-8;1-2/h1-6H2;1-2H3. The summed E-state index contributed by atoms with van der Waals surface area (Å²) in [7, 11) is 0. The number of hydrogen-bond acceptors (Lipinski definition) is 2. The molecule has 0 N–H and O–H groups in total. The Morgan fingerprint density at radius 1 is 0.600 bits per heavy atom. The Morgan fingerprint density at radius 3 is 0.900 bits per heavy atom. The van der Waals surface area contributed by atoms with Gasteiger partial charge in [-0.2, -0.15) is 0 Å². The molecule has 3 fully saturated rings. The molecule has 0 radical (unpaired) electrons. The fraction of sp³-hybridized carbons (Fsp3) is 1.00. The van der Waals surface area contributed by atoms with Crippen LogP contribution in [0.25, 0.3) is 0 Å². The molecule has 0 aromatic heterocycles. The van der Waals surface area contributed by atoms with E-state index in [1.807, 2.05) is 13.8 Å². The molecule has 10 heavy (non-hydrogen) atoms. The van der Waals surface area contributed by atoms with Crippen LogP contribution < -0.4 is 0 Å². The van der Waals surface area contributed by atoms with Crippen LogP contribution in [0.2, 0.25) is 0 Å². The van der Waals surface area contributed by atoms with Gasteiger partial charge in [0.05, 0.1) is 0 Å². The normalized spacial score (nSPS) is 36.6. The van der Waals surface area contributed by atoms with E-state index in [0.29, 0.717) is 0 Å². The summed E-state index contributed by atoms with van der Waals surface area (Å²) in [6.45, 7) is 11.9. The molecule has 2 heteroatoms. The van der Waals surface area contributed by atoms with Crippen molar-refractivity contribution >= 4 is 0 Å². The average molecular weight is 142 g/mol. The van der Waals surface area contributed by atoms with Crippen LogP contribution in [0.3, 0.4) is 0 Å². The number of nitrogens with zero attached hydrogens (tertiary/aromatic N) is 2. The minimum Gasteiger partial charge on any atom is -0.300 e. The van der Waals surface area contributed by atoms with E-state index in [1.165, 1.54) is 39.3 Å². The Hall–Kier alpha value is -0.0800. The quantitative estimate of drug-likeness (QED) is 0.490. The number of rotatable bonds is 0. The van der Waals surface area contributed by atoms with Gasteiger partial charge in [0.25, 0.3) is 0 Å². The summed E-state index contributed by atoms with van der Waals surface area (Å²) in [6, 6.07) is 0. The number of fused-ring (bicyclic) bond motifs is 3. The third-order valence-corrected chi connectivity index (χ3v) is 2.20. The molecule has 3 saturated heterocycles. The van der Waals surface area contributed by atoms with Gasteiger partial charge in [0.1, 0.15) is 0 Å². The van der Waals surface area contributed by atoms with Crippen LogP contribution in [0.15, 0.2) is 0 Å². The summed E-state index contributed by atoms with van der Waals surface area (Å²) in [5.41, 5.74) is 0. The molecular formula is C8H18N2. The molecule has 2 bridgehead atoms. The molecule has 0 unspecified atom stereocenters. The second-order valence-corrected chi connectivity index (χ2v) is 2.68. The van der Waals surface area contributed by atoms with Crippen molar-refractivity contribution < 1.29 is 0 Å². The second kappa shape index (κ2) is 3.94. The largest absolute Gasteiger partial charge is 0.300 e. The molecule has 0 atom stereocenters. The first-order chi connectivity index (χ1) is 4.95. The van der Waals surface area contributed by atoms with E-state index < -0.39 is 0 Å². The topological polar surface area (TPSA) is 6.48 Å². The van der Waals surface area contributed by atoms with E-state index in [-0.39, 0.29) is 0 Å². The van der Waals surface area contributed by atoms with Gasteiger partial charge in [-0.05, 0) is 0 Å². The predicted octanol–water partition coefficient (Wildman–Crippen LogP) is 0.644. The third kappa shape index (κ3) is 1.70. The summed E-state index contributed by atoms with van der Waals surface area (Å²) in [4.78, 5) is 5.08. The maximum absolute atomic E-state index is 2.54. The summed E-state index contributed by atoms with van der Waals surface area (Å²) >= 11 is 0. The summed E-state index contributed by atoms with van der Waals surface area (Å²) in [5.74, 6) is 0. The van der Waals surface area contributed by atoms with Crippen LogP contribution in [0, 0.1) is 0 Å². The highest BCUT2D eigenvalue weighted by molar-refractivity contribution is 4.78. The highest BCUT2D eigenvalue weighted by Gasteiger charge is 2.21. The van der Waals surface area contributed by atoms with E-state index in [9.17, 15) is 0 Å². The first-order valence-corrected chi connectivity index (χ1v) is 4.40. The monoisotopic (exact) mass is 142 g/mol. The van der Waals surface area contributed by atoms with Gasteiger partial charge >= 0.3 is 0 Å². The molecule has 3 aliphatic heterocycles. The molecule has 0 amide bonds. The Morgan fingerprint density at radius 2 is 0.800 bits per heavy atom. The molecule has 0 saturated carbocycles. The van der Waals surface area contributed by atoms with E-state index in [2.05, 4.69) is 9.80 Å². The zero-order chi connectivity index (χ0) is 7.40. The maximum Gasteiger partial charge on any atom is 0.0110 e. The van der Waals surface area contributed by atoms with Gasteiger partial charge in [-0.1, -0.05) is 13.8 Å². The number of hydrogen-bond donors (Lipinski definition) is 0. The van der Waals surface area contributed by atoms with E-state index >= 15 is 0 Å². The van der Waals surface area contributed by atoms with Crippen molar-refractivity contribution in [3.63, 3.8) is 0 Å². The van der Waals surface area contributed by atoms with Crippen LogP contribution >= 0.6 is 0 Å². The molecule has 0 spiro atoms. The van der Waals surface area contributed by atoms with Crippen LogP contribution in [0.4, 0.5) is 0 Å². The van der Waals surface area contributed by atoms with Crippen molar-refractivity contribution in [1.29, 1.82) is 0 Å². The molecule has 0 aromatic rings. The fourth-order valence-electron chi connectivity index (χ4n) is 1.52. The molecule has 3 heterocycles. The summed E-state index contributed by atoms with van der Waals surface area (Å²) in [5, 5.41) is 0. The minimum atomic E-state index is 1.32. The second-order valence-electron chi connectivity index (χ2n) is 2.68. The zero-order valence-electron chi connectivity index (χ0n) is 7.14. The lowest BCUT2D eigenvalue weighted by Crippen LogP contribution is -2.55. The fourth-order valence-corrected chi connectivity index (χ4v) is 1.52. The van der Waals surface area contributed by atoms with Crippen LogP contribution in [0.1, 0.15) is 13.8 Å². The number of piperazine rings is 3. The van der Waals surface area contributed by atoms with Crippen molar-refractivity contribution in [1.82, 2.24) is 9.80 Å². The van der Waals surface area contributed by atoms with Crippen molar-refractivity contribution in [3.05, 3.63) is 0 Å². The van der Waals surface area contributed by atoms with Crippen molar-refractivity contribution in [2.75, 3.05) is 39.3 Å². The first-order valence-electron chi connectivity index (χ1n) is 4.40. The molecular weight excluding hydrogens is 124 g/mol. The third-order valence-electron chi connectivity index (χ3n) is 2.20. The van der Waals surface area contributed by atoms with Crippen LogP contribution in [-0.4, -0.2) is 49.1 Å². The lowest BCUT2D eigenvalue weighted by Gasteiger charge is -2.41. The Balaban J connectivity index is 0.000000231. The first kappa shape index (κ1) is 8.02. The van der Waals surface area contributed by atoms with Gasteiger partial charge in [0.2, 0.25) is 0 Å². The summed E-state index contributed by atoms with van der Waals surface area (Å²) in [6.07, 6.45) is 0. The van der Waals surface area contributed by atoms with Gasteiger partial charge < -0.3 is 0 Å². The Labute approximate surface area is 63.8 Å². The molecule has 2 nitrogen and oxygen atoms in total. The van der Waals surface area contributed by atoms with Gasteiger partial charge in [-0.15, -0.1) is 0 Å². The van der Waals surface area contributed by atoms with Gasteiger partial charge in [-0.25, -0.2) is 0 Å². The van der Waals surface area contributed by atoms with Crippen LogP contribution in [-0.2, 0) is 0 Å². The Kier molecular flexibility index (Phi) is 3.16. The van der Waals surface area contributed by atoms with Crippen molar-refractivity contribution in [3.8, 4) is 0 Å². The van der Waals surface area contributed by atoms with E-state index in [0.717, 1.165) is 0 Å². The SMILES string of the molecule is C1CN2CCN1CC2.CC. The van der Waals surface area contributed by atoms with Gasteiger partial charge in [0, 0.05) is 39.3 Å². The Bertz CT molecular complexity index is 62.2. The van der Waals surface area contributed by atoms with Gasteiger partial charge in [0.15, 0.2) is 0 Å². The van der Waals surface area contributed by atoms with Gasteiger partial charge in [-0.3, -0.25) is 9.80 Å². The molecule has 3 aliphatic rings.